The lowest BCUT2D eigenvalue weighted by Crippen LogP contribution is -2.16. The lowest BCUT2D eigenvalue weighted by atomic mass is 10.2. The highest BCUT2D eigenvalue weighted by Gasteiger charge is 2.18. The highest BCUT2D eigenvalue weighted by molar-refractivity contribution is 5.87. The molecule has 1 aromatic rings. The molecule has 0 bridgehead atoms. The second kappa shape index (κ2) is 5.32. The summed E-state index contributed by atoms with van der Waals surface area (Å²) < 4.78 is 20.8. The SMILES string of the molecule is O=C(/C=C/c1ccc2c(c1)OCO2)O[C@H]1CCOC1. The molecular weight excluding hydrogens is 248 g/mol. The monoisotopic (exact) mass is 262 g/mol. The fourth-order valence-corrected chi connectivity index (χ4v) is 1.99. The fourth-order valence-electron chi connectivity index (χ4n) is 1.99. The van der Waals surface area contributed by atoms with Gasteiger partial charge in [-0.15, -0.1) is 0 Å². The van der Waals surface area contributed by atoms with E-state index in [4.69, 9.17) is 18.9 Å². The Balaban J connectivity index is 1.60. The largest absolute Gasteiger partial charge is 0.457 e. The van der Waals surface area contributed by atoms with Crippen LogP contribution >= 0.6 is 0 Å². The van der Waals surface area contributed by atoms with Gasteiger partial charge in [-0.1, -0.05) is 6.07 Å². The summed E-state index contributed by atoms with van der Waals surface area (Å²) in [7, 11) is 0. The molecule has 19 heavy (non-hydrogen) atoms. The van der Waals surface area contributed by atoms with E-state index in [0.717, 1.165) is 17.7 Å². The van der Waals surface area contributed by atoms with Crippen LogP contribution in [-0.4, -0.2) is 32.1 Å². The third-order valence-electron chi connectivity index (χ3n) is 2.98. The average molecular weight is 262 g/mol. The highest BCUT2D eigenvalue weighted by atomic mass is 16.7. The summed E-state index contributed by atoms with van der Waals surface area (Å²) in [6.07, 6.45) is 3.76. The van der Waals surface area contributed by atoms with Gasteiger partial charge in [0.05, 0.1) is 13.2 Å². The molecule has 0 amide bonds. The van der Waals surface area contributed by atoms with Crippen molar-refractivity contribution in [2.45, 2.75) is 12.5 Å². The van der Waals surface area contributed by atoms with Gasteiger partial charge < -0.3 is 18.9 Å². The topological polar surface area (TPSA) is 54.0 Å². The van der Waals surface area contributed by atoms with Crippen LogP contribution in [0, 0.1) is 0 Å². The predicted octanol–water partition coefficient (Wildman–Crippen LogP) is 1.76. The van der Waals surface area contributed by atoms with Crippen molar-refractivity contribution in [2.24, 2.45) is 0 Å². The quantitative estimate of drug-likeness (QED) is 0.613. The molecule has 2 aliphatic rings. The first-order valence-corrected chi connectivity index (χ1v) is 6.17. The molecule has 100 valence electrons. The van der Waals surface area contributed by atoms with Gasteiger partial charge in [0.15, 0.2) is 11.5 Å². The summed E-state index contributed by atoms with van der Waals surface area (Å²) in [5.74, 6) is 1.07. The van der Waals surface area contributed by atoms with Crippen LogP contribution in [0.1, 0.15) is 12.0 Å². The predicted molar refractivity (Wildman–Crippen MR) is 66.9 cm³/mol. The standard InChI is InChI=1S/C14H14O5/c15-14(19-11-5-6-16-8-11)4-2-10-1-3-12-13(7-10)18-9-17-12/h1-4,7,11H,5-6,8-9H2/b4-2+/t11-/m0/s1. The van der Waals surface area contributed by atoms with Gasteiger partial charge in [0.1, 0.15) is 6.10 Å². The van der Waals surface area contributed by atoms with Crippen molar-refractivity contribution < 1.29 is 23.7 Å². The maximum Gasteiger partial charge on any atom is 0.331 e. The summed E-state index contributed by atoms with van der Waals surface area (Å²) in [5, 5.41) is 0. The van der Waals surface area contributed by atoms with E-state index in [-0.39, 0.29) is 18.9 Å². The molecule has 0 aromatic heterocycles. The van der Waals surface area contributed by atoms with E-state index in [1.54, 1.807) is 6.08 Å². The molecule has 0 saturated carbocycles. The van der Waals surface area contributed by atoms with Crippen LogP contribution in [0.3, 0.4) is 0 Å². The Hall–Kier alpha value is -2.01. The molecule has 1 saturated heterocycles. The zero-order valence-corrected chi connectivity index (χ0v) is 10.3. The number of hydrogen-bond donors (Lipinski definition) is 0. The highest BCUT2D eigenvalue weighted by Crippen LogP contribution is 2.32. The average Bonchev–Trinajstić information content (AvgIpc) is 3.06. The lowest BCUT2D eigenvalue weighted by molar-refractivity contribution is -0.142. The van der Waals surface area contributed by atoms with Crippen molar-refractivity contribution >= 4 is 12.0 Å². The van der Waals surface area contributed by atoms with Crippen molar-refractivity contribution in [1.29, 1.82) is 0 Å². The summed E-state index contributed by atoms with van der Waals surface area (Å²) in [6.45, 7) is 1.39. The van der Waals surface area contributed by atoms with E-state index in [2.05, 4.69) is 0 Å². The first kappa shape index (κ1) is 12.0. The molecule has 2 heterocycles. The van der Waals surface area contributed by atoms with E-state index in [9.17, 15) is 4.79 Å². The molecule has 5 heteroatoms. The summed E-state index contributed by atoms with van der Waals surface area (Å²) >= 11 is 0. The number of fused-ring (bicyclic) bond motifs is 1. The molecule has 1 fully saturated rings. The Bertz CT molecular complexity index is 503. The number of benzene rings is 1. The number of carbonyl (C=O) groups is 1. The van der Waals surface area contributed by atoms with Gasteiger partial charge in [-0.25, -0.2) is 4.79 Å². The van der Waals surface area contributed by atoms with Gasteiger partial charge in [-0.3, -0.25) is 0 Å². The van der Waals surface area contributed by atoms with E-state index >= 15 is 0 Å². The number of hydrogen-bond acceptors (Lipinski definition) is 5. The number of carbonyl (C=O) groups excluding carboxylic acids is 1. The van der Waals surface area contributed by atoms with E-state index in [1.807, 2.05) is 18.2 Å². The maximum atomic E-state index is 11.6. The van der Waals surface area contributed by atoms with Gasteiger partial charge in [-0.2, -0.15) is 0 Å². The first-order chi connectivity index (χ1) is 9.31. The number of rotatable bonds is 3. The van der Waals surface area contributed by atoms with Crippen molar-refractivity contribution in [1.82, 2.24) is 0 Å². The minimum atomic E-state index is -0.354. The molecule has 0 radical (unpaired) electrons. The molecule has 0 N–H and O–H groups in total. The molecule has 2 aliphatic heterocycles. The number of ether oxygens (including phenoxy) is 4. The Morgan fingerprint density at radius 1 is 1.32 bits per heavy atom. The van der Waals surface area contributed by atoms with Gasteiger partial charge >= 0.3 is 5.97 Å². The van der Waals surface area contributed by atoms with Crippen LogP contribution < -0.4 is 9.47 Å². The molecule has 0 aliphatic carbocycles. The van der Waals surface area contributed by atoms with Crippen LogP contribution in [0.5, 0.6) is 11.5 Å². The Morgan fingerprint density at radius 3 is 3.05 bits per heavy atom. The second-order valence-electron chi connectivity index (χ2n) is 4.37. The van der Waals surface area contributed by atoms with Gasteiger partial charge in [0, 0.05) is 12.5 Å². The molecular formula is C14H14O5. The molecule has 5 nitrogen and oxygen atoms in total. The maximum absolute atomic E-state index is 11.6. The van der Waals surface area contributed by atoms with Gasteiger partial charge in [-0.05, 0) is 23.8 Å². The Morgan fingerprint density at radius 2 is 2.21 bits per heavy atom. The van der Waals surface area contributed by atoms with Crippen LogP contribution in [0.25, 0.3) is 6.08 Å². The number of esters is 1. The molecule has 0 unspecified atom stereocenters. The van der Waals surface area contributed by atoms with Crippen LogP contribution in [0.2, 0.25) is 0 Å². The van der Waals surface area contributed by atoms with E-state index in [0.29, 0.717) is 19.0 Å². The third kappa shape index (κ3) is 2.88. The van der Waals surface area contributed by atoms with Crippen molar-refractivity contribution in [3.63, 3.8) is 0 Å². The Kier molecular flexibility index (Phi) is 3.37. The van der Waals surface area contributed by atoms with Gasteiger partial charge in [0.2, 0.25) is 6.79 Å². The Labute approximate surface area is 110 Å². The van der Waals surface area contributed by atoms with E-state index < -0.39 is 0 Å². The fraction of sp³-hybridized carbons (Fsp3) is 0.357. The van der Waals surface area contributed by atoms with Crippen molar-refractivity contribution in [3.05, 3.63) is 29.8 Å². The van der Waals surface area contributed by atoms with Crippen LogP contribution in [0.4, 0.5) is 0 Å². The zero-order chi connectivity index (χ0) is 13.1. The summed E-state index contributed by atoms with van der Waals surface area (Å²) in [4.78, 5) is 11.6. The molecule has 1 atom stereocenters. The second-order valence-corrected chi connectivity index (χ2v) is 4.37. The van der Waals surface area contributed by atoms with Crippen molar-refractivity contribution in [2.75, 3.05) is 20.0 Å². The van der Waals surface area contributed by atoms with Crippen LogP contribution in [-0.2, 0) is 14.3 Å². The molecule has 0 spiro atoms. The summed E-state index contributed by atoms with van der Waals surface area (Å²) in [5.41, 5.74) is 0.865. The van der Waals surface area contributed by atoms with E-state index in [1.165, 1.54) is 6.08 Å². The minimum absolute atomic E-state index is 0.117. The van der Waals surface area contributed by atoms with Crippen LogP contribution in [0.15, 0.2) is 24.3 Å². The molecule has 3 rings (SSSR count). The lowest BCUT2D eigenvalue weighted by Gasteiger charge is -2.07. The third-order valence-corrected chi connectivity index (χ3v) is 2.98. The first-order valence-electron chi connectivity index (χ1n) is 6.17. The van der Waals surface area contributed by atoms with Gasteiger partial charge in [0.25, 0.3) is 0 Å². The minimum Gasteiger partial charge on any atom is -0.457 e. The normalized spacial score (nSPS) is 20.9. The summed E-state index contributed by atoms with van der Waals surface area (Å²) in [6, 6.07) is 5.50. The van der Waals surface area contributed by atoms with Crippen molar-refractivity contribution in [3.8, 4) is 11.5 Å². The smallest absolute Gasteiger partial charge is 0.331 e. The zero-order valence-electron chi connectivity index (χ0n) is 10.3. The molecule has 1 aromatic carbocycles.